The number of carbonyl (C=O) groups excluding carboxylic acids is 2. The zero-order chi connectivity index (χ0) is 22.3. The molecule has 2 aromatic rings. The van der Waals surface area contributed by atoms with E-state index in [0.29, 0.717) is 31.5 Å². The van der Waals surface area contributed by atoms with Gasteiger partial charge in [0.15, 0.2) is 0 Å². The van der Waals surface area contributed by atoms with Gasteiger partial charge in [-0.1, -0.05) is 18.2 Å². The van der Waals surface area contributed by atoms with Crippen LogP contribution >= 0.6 is 0 Å². The molecule has 0 saturated heterocycles. The number of pyridine rings is 1. The highest BCUT2D eigenvalue weighted by molar-refractivity contribution is 5.89. The Hall–Kier alpha value is -2.93. The molecule has 1 amide bonds. The molecule has 2 unspecified atom stereocenters. The maximum absolute atomic E-state index is 12.9. The Morgan fingerprint density at radius 2 is 2.03 bits per heavy atom. The van der Waals surface area contributed by atoms with Crippen LogP contribution in [0.2, 0.25) is 0 Å². The Bertz CT molecular complexity index is 842. The molecule has 0 radical (unpaired) electrons. The summed E-state index contributed by atoms with van der Waals surface area (Å²) in [6.07, 6.45) is 6.07. The summed E-state index contributed by atoms with van der Waals surface area (Å²) in [5.74, 6) is 0.546. The van der Waals surface area contributed by atoms with Crippen molar-refractivity contribution in [2.24, 2.45) is 0 Å². The lowest BCUT2D eigenvalue weighted by molar-refractivity contribution is -0.157. The smallest absolute Gasteiger partial charge is 0.329 e. The van der Waals surface area contributed by atoms with Gasteiger partial charge in [-0.15, -0.1) is 0 Å². The largest absolute Gasteiger partial charge is 0.488 e. The minimum atomic E-state index is -0.701. The molecular formula is C24H31N3O4. The number of hydrogen-bond acceptors (Lipinski definition) is 6. The van der Waals surface area contributed by atoms with Crippen LogP contribution in [0.25, 0.3) is 0 Å². The van der Waals surface area contributed by atoms with E-state index in [1.54, 1.807) is 24.5 Å². The van der Waals surface area contributed by atoms with E-state index in [1.165, 1.54) is 10.5 Å². The van der Waals surface area contributed by atoms with Gasteiger partial charge in [0.1, 0.15) is 23.5 Å². The summed E-state index contributed by atoms with van der Waals surface area (Å²) < 4.78 is 11.5. The van der Waals surface area contributed by atoms with Crippen LogP contribution in [0.5, 0.6) is 5.75 Å². The molecule has 2 atom stereocenters. The van der Waals surface area contributed by atoms with E-state index in [2.05, 4.69) is 16.4 Å². The monoisotopic (exact) mass is 425 g/mol. The van der Waals surface area contributed by atoms with Crippen LogP contribution in [0.15, 0.2) is 48.8 Å². The number of amides is 1. The van der Waals surface area contributed by atoms with Crippen molar-refractivity contribution in [2.45, 2.75) is 57.8 Å². The van der Waals surface area contributed by atoms with E-state index in [9.17, 15) is 9.59 Å². The Kier molecular flexibility index (Phi) is 7.63. The van der Waals surface area contributed by atoms with Crippen molar-refractivity contribution in [3.05, 3.63) is 54.4 Å². The molecule has 1 aromatic carbocycles. The minimum absolute atomic E-state index is 0.113. The zero-order valence-electron chi connectivity index (χ0n) is 18.4. The predicted molar refractivity (Wildman–Crippen MR) is 119 cm³/mol. The Balaban J connectivity index is 1.53. The Labute approximate surface area is 183 Å². The SMILES string of the molecule is CC(C)(C)OC(=O)C(CCCNCC1Cc2ccccc2O1)N(C=O)c1ccncc1. The molecule has 3 rings (SSSR count). The summed E-state index contributed by atoms with van der Waals surface area (Å²) in [5, 5.41) is 3.41. The molecule has 0 bridgehead atoms. The number of nitrogens with zero attached hydrogens (tertiary/aromatic N) is 2. The number of esters is 1. The van der Waals surface area contributed by atoms with Gasteiger partial charge in [0, 0.05) is 31.0 Å². The molecule has 0 aliphatic carbocycles. The molecule has 1 aromatic heterocycles. The second-order valence-corrected chi connectivity index (χ2v) is 8.67. The summed E-state index contributed by atoms with van der Waals surface area (Å²) in [4.78, 5) is 30.1. The van der Waals surface area contributed by atoms with Crippen molar-refractivity contribution in [1.29, 1.82) is 0 Å². The van der Waals surface area contributed by atoms with Crippen LogP contribution in [-0.2, 0) is 20.7 Å². The predicted octanol–water partition coefficient (Wildman–Crippen LogP) is 3.13. The van der Waals surface area contributed by atoms with Gasteiger partial charge in [-0.05, 0) is 63.9 Å². The number of ether oxygens (including phenoxy) is 2. The van der Waals surface area contributed by atoms with Crippen molar-refractivity contribution in [3.8, 4) is 5.75 Å². The summed E-state index contributed by atoms with van der Waals surface area (Å²) in [6, 6.07) is 10.8. The first-order valence-corrected chi connectivity index (χ1v) is 10.7. The fourth-order valence-electron chi connectivity index (χ4n) is 3.62. The van der Waals surface area contributed by atoms with E-state index in [-0.39, 0.29) is 6.10 Å². The van der Waals surface area contributed by atoms with Crippen molar-refractivity contribution < 1.29 is 19.1 Å². The van der Waals surface area contributed by atoms with Gasteiger partial charge in [-0.3, -0.25) is 9.78 Å². The van der Waals surface area contributed by atoms with Crippen LogP contribution in [0.1, 0.15) is 39.2 Å². The standard InChI is InChI=1S/C24H31N3O4/c1-24(2,3)31-23(29)21(27(17-28)19-10-13-25-14-11-19)8-6-12-26-16-20-15-18-7-4-5-9-22(18)30-20/h4-5,7,9-11,13-14,17,20-21,26H,6,8,12,15-16H2,1-3H3. The van der Waals surface area contributed by atoms with Gasteiger partial charge in [0.05, 0.1) is 0 Å². The van der Waals surface area contributed by atoms with Crippen LogP contribution in [0, 0.1) is 0 Å². The molecule has 1 aliphatic heterocycles. The van der Waals surface area contributed by atoms with E-state index in [4.69, 9.17) is 9.47 Å². The van der Waals surface area contributed by atoms with Crippen LogP contribution in [0.3, 0.4) is 0 Å². The highest BCUT2D eigenvalue weighted by Gasteiger charge is 2.30. The molecule has 0 fully saturated rings. The van der Waals surface area contributed by atoms with Crippen molar-refractivity contribution in [3.63, 3.8) is 0 Å². The summed E-state index contributed by atoms with van der Waals surface area (Å²) in [5.41, 5.74) is 1.22. The molecule has 0 saturated carbocycles. The third-order valence-electron chi connectivity index (χ3n) is 5.01. The number of hydrogen-bond donors (Lipinski definition) is 1. The van der Waals surface area contributed by atoms with Gasteiger partial charge in [-0.25, -0.2) is 4.79 Å². The lowest BCUT2D eigenvalue weighted by Crippen LogP contribution is -2.44. The minimum Gasteiger partial charge on any atom is -0.488 e. The number of carbonyl (C=O) groups is 2. The summed E-state index contributed by atoms with van der Waals surface area (Å²) in [7, 11) is 0. The first-order chi connectivity index (χ1) is 14.9. The molecule has 7 heteroatoms. The number of aromatic nitrogens is 1. The van der Waals surface area contributed by atoms with Gasteiger partial charge >= 0.3 is 5.97 Å². The second-order valence-electron chi connectivity index (χ2n) is 8.67. The van der Waals surface area contributed by atoms with Crippen LogP contribution in [-0.4, -0.2) is 48.2 Å². The number of fused-ring (bicyclic) bond motifs is 1. The van der Waals surface area contributed by atoms with Gasteiger partial charge < -0.3 is 19.7 Å². The number of para-hydroxylation sites is 1. The fourth-order valence-corrected chi connectivity index (χ4v) is 3.62. The van der Waals surface area contributed by atoms with E-state index < -0.39 is 17.6 Å². The van der Waals surface area contributed by atoms with Gasteiger partial charge in [0.2, 0.25) is 6.41 Å². The van der Waals surface area contributed by atoms with Crippen molar-refractivity contribution >= 4 is 18.1 Å². The van der Waals surface area contributed by atoms with Crippen molar-refractivity contribution in [1.82, 2.24) is 10.3 Å². The molecule has 0 spiro atoms. The molecule has 166 valence electrons. The molecule has 7 nitrogen and oxygen atoms in total. The van der Waals surface area contributed by atoms with Crippen molar-refractivity contribution in [2.75, 3.05) is 18.0 Å². The number of nitrogens with one attached hydrogen (secondary N) is 1. The normalized spacial score (nSPS) is 16.2. The average Bonchev–Trinajstić information content (AvgIpc) is 3.15. The average molecular weight is 426 g/mol. The zero-order valence-corrected chi connectivity index (χ0v) is 18.4. The maximum Gasteiger partial charge on any atom is 0.329 e. The number of anilines is 1. The van der Waals surface area contributed by atoms with E-state index in [1.807, 2.05) is 39.0 Å². The molecular weight excluding hydrogens is 394 g/mol. The first-order valence-electron chi connectivity index (χ1n) is 10.7. The molecule has 1 N–H and O–H groups in total. The van der Waals surface area contributed by atoms with E-state index >= 15 is 0 Å². The number of rotatable bonds is 10. The lowest BCUT2D eigenvalue weighted by Gasteiger charge is -2.30. The molecule has 1 aliphatic rings. The Morgan fingerprint density at radius 1 is 1.29 bits per heavy atom. The van der Waals surface area contributed by atoms with Gasteiger partial charge in [0.25, 0.3) is 0 Å². The van der Waals surface area contributed by atoms with Gasteiger partial charge in [-0.2, -0.15) is 0 Å². The third kappa shape index (κ3) is 6.52. The van der Waals surface area contributed by atoms with Crippen LogP contribution in [0.4, 0.5) is 5.69 Å². The quantitative estimate of drug-likeness (QED) is 0.358. The lowest BCUT2D eigenvalue weighted by atomic mass is 10.1. The Morgan fingerprint density at radius 3 is 2.71 bits per heavy atom. The first kappa shape index (κ1) is 22.7. The topological polar surface area (TPSA) is 80.8 Å². The maximum atomic E-state index is 12.9. The highest BCUT2D eigenvalue weighted by Crippen LogP contribution is 2.27. The summed E-state index contributed by atoms with van der Waals surface area (Å²) in [6.45, 7) is 6.90. The second kappa shape index (κ2) is 10.4. The summed E-state index contributed by atoms with van der Waals surface area (Å²) >= 11 is 0. The molecule has 2 heterocycles. The van der Waals surface area contributed by atoms with E-state index in [0.717, 1.165) is 18.7 Å². The highest BCUT2D eigenvalue weighted by atomic mass is 16.6. The third-order valence-corrected chi connectivity index (χ3v) is 5.01. The fraction of sp³-hybridized carbons (Fsp3) is 0.458. The van der Waals surface area contributed by atoms with Crippen LogP contribution < -0.4 is 15.0 Å². The molecule has 31 heavy (non-hydrogen) atoms. The number of benzene rings is 1.